The van der Waals surface area contributed by atoms with Crippen molar-refractivity contribution in [3.8, 4) is 6.07 Å². The number of hydrogen-bond acceptors (Lipinski definition) is 4. The number of nitrogens with zero attached hydrogens (tertiary/aromatic N) is 2. The minimum Gasteiger partial charge on any atom is -0.466 e. The van der Waals surface area contributed by atoms with Crippen LogP contribution in [0.3, 0.4) is 0 Å². The van der Waals surface area contributed by atoms with Crippen molar-refractivity contribution in [1.29, 1.82) is 5.26 Å². The number of nitriles is 1. The molecular formula is C19H22N2O3. The first-order valence-electron chi connectivity index (χ1n) is 8.57. The molecule has 2 saturated heterocycles. The van der Waals surface area contributed by atoms with Gasteiger partial charge < -0.3 is 9.64 Å². The Kier molecular flexibility index (Phi) is 4.31. The summed E-state index contributed by atoms with van der Waals surface area (Å²) in [5.74, 6) is -0.262. The normalized spacial score (nSPS) is 27.8. The van der Waals surface area contributed by atoms with Crippen LogP contribution in [0.4, 0.5) is 0 Å². The highest BCUT2D eigenvalue weighted by Gasteiger charge is 2.61. The minimum absolute atomic E-state index is 0.0811. The van der Waals surface area contributed by atoms with Crippen molar-refractivity contribution in [3.05, 3.63) is 35.4 Å². The molecule has 126 valence electrons. The second kappa shape index (κ2) is 6.27. The Morgan fingerprint density at radius 2 is 2.17 bits per heavy atom. The van der Waals surface area contributed by atoms with Gasteiger partial charge in [0.15, 0.2) is 0 Å². The molecule has 5 heteroatoms. The van der Waals surface area contributed by atoms with Crippen LogP contribution in [-0.4, -0.2) is 35.5 Å². The maximum absolute atomic E-state index is 13.0. The lowest BCUT2D eigenvalue weighted by Crippen LogP contribution is -2.45. The van der Waals surface area contributed by atoms with Gasteiger partial charge in [0, 0.05) is 17.6 Å². The second-order valence-corrected chi connectivity index (χ2v) is 6.59. The molecule has 3 atom stereocenters. The predicted molar refractivity (Wildman–Crippen MR) is 88.1 cm³/mol. The highest BCUT2D eigenvalue weighted by Crippen LogP contribution is 2.52. The highest BCUT2D eigenvalue weighted by molar-refractivity contribution is 5.96. The Bertz CT molecular complexity index is 709. The summed E-state index contributed by atoms with van der Waals surface area (Å²) in [6, 6.07) is 8.81. The van der Waals surface area contributed by atoms with E-state index in [1.807, 2.05) is 18.7 Å². The minimum atomic E-state index is -0.582. The Balaban J connectivity index is 1.91. The Hall–Kier alpha value is -2.35. The first-order chi connectivity index (χ1) is 11.6. The van der Waals surface area contributed by atoms with Crippen molar-refractivity contribution in [2.24, 2.45) is 5.41 Å². The van der Waals surface area contributed by atoms with Crippen molar-refractivity contribution >= 4 is 11.9 Å². The Labute approximate surface area is 142 Å². The van der Waals surface area contributed by atoms with E-state index in [9.17, 15) is 9.59 Å². The molecule has 5 nitrogen and oxygen atoms in total. The Morgan fingerprint density at radius 1 is 1.38 bits per heavy atom. The summed E-state index contributed by atoms with van der Waals surface area (Å²) in [7, 11) is 0. The van der Waals surface area contributed by atoms with Crippen LogP contribution < -0.4 is 0 Å². The van der Waals surface area contributed by atoms with E-state index in [0.717, 1.165) is 12.8 Å². The summed E-state index contributed by atoms with van der Waals surface area (Å²) in [5.41, 5.74) is 0.405. The first-order valence-corrected chi connectivity index (χ1v) is 8.57. The monoisotopic (exact) mass is 326 g/mol. The molecule has 24 heavy (non-hydrogen) atoms. The number of carbonyl (C=O) groups excluding carboxylic acids is 2. The molecule has 0 aromatic heterocycles. The molecule has 0 radical (unpaired) electrons. The number of benzene rings is 1. The summed E-state index contributed by atoms with van der Waals surface area (Å²) < 4.78 is 5.32. The third-order valence-corrected chi connectivity index (χ3v) is 5.53. The molecule has 0 saturated carbocycles. The van der Waals surface area contributed by atoms with Crippen LogP contribution in [-0.2, 0) is 9.53 Å². The standard InChI is InChI=1S/C19H22N2O3/c1-3-19(18(23)24-4-2)11-15-8-9-16(19)21(15)17(22)14-7-5-6-13(10-14)12-20/h5-7,10,15-16H,3-4,8-9,11H2,1-2H3/t15-,16+,19+/m1/s1. The van der Waals surface area contributed by atoms with Gasteiger partial charge >= 0.3 is 5.97 Å². The lowest BCUT2D eigenvalue weighted by atomic mass is 9.72. The molecule has 2 aliphatic rings. The molecule has 1 aromatic carbocycles. The quantitative estimate of drug-likeness (QED) is 0.798. The highest BCUT2D eigenvalue weighted by atomic mass is 16.5. The van der Waals surface area contributed by atoms with Gasteiger partial charge in [0.25, 0.3) is 5.91 Å². The summed E-state index contributed by atoms with van der Waals surface area (Å²) in [4.78, 5) is 27.5. The smallest absolute Gasteiger partial charge is 0.314 e. The number of esters is 1. The zero-order valence-electron chi connectivity index (χ0n) is 14.1. The first kappa shape index (κ1) is 16.5. The maximum atomic E-state index is 13.0. The molecule has 1 amide bonds. The Morgan fingerprint density at radius 3 is 2.83 bits per heavy atom. The number of hydrogen-bond donors (Lipinski definition) is 0. The summed E-state index contributed by atoms with van der Waals surface area (Å²) in [6.07, 6.45) is 3.11. The molecular weight excluding hydrogens is 304 g/mol. The number of rotatable bonds is 4. The molecule has 0 aliphatic carbocycles. The lowest BCUT2D eigenvalue weighted by molar-refractivity contribution is -0.157. The SMILES string of the molecule is CCOC(=O)[C@@]1(CC)C[C@H]2CC[C@@H]1N2C(=O)c1cccc(C#N)c1. The molecule has 1 aromatic rings. The molecule has 2 fully saturated rings. The fourth-order valence-corrected chi connectivity index (χ4v) is 4.38. The third kappa shape index (κ3) is 2.37. The van der Waals surface area contributed by atoms with Crippen molar-refractivity contribution in [2.45, 2.75) is 51.6 Å². The van der Waals surface area contributed by atoms with Crippen molar-refractivity contribution < 1.29 is 14.3 Å². The van der Waals surface area contributed by atoms with Crippen molar-refractivity contribution in [2.75, 3.05) is 6.61 Å². The van der Waals surface area contributed by atoms with E-state index >= 15 is 0 Å². The van der Waals surface area contributed by atoms with Gasteiger partial charge in [0.05, 0.1) is 23.7 Å². The van der Waals surface area contributed by atoms with E-state index in [-0.39, 0.29) is 24.0 Å². The summed E-state index contributed by atoms with van der Waals surface area (Å²) >= 11 is 0. The van der Waals surface area contributed by atoms with Gasteiger partial charge in [0.1, 0.15) is 0 Å². The van der Waals surface area contributed by atoms with Crippen LogP contribution in [0, 0.1) is 16.7 Å². The fraction of sp³-hybridized carbons (Fsp3) is 0.526. The van der Waals surface area contributed by atoms with Gasteiger partial charge in [0.2, 0.25) is 0 Å². The van der Waals surface area contributed by atoms with Gasteiger partial charge in [-0.3, -0.25) is 9.59 Å². The van der Waals surface area contributed by atoms with E-state index in [1.165, 1.54) is 0 Å². The van der Waals surface area contributed by atoms with Crippen LogP contribution in [0.25, 0.3) is 0 Å². The van der Waals surface area contributed by atoms with Gasteiger partial charge in [-0.15, -0.1) is 0 Å². The van der Waals surface area contributed by atoms with E-state index in [2.05, 4.69) is 6.07 Å². The van der Waals surface area contributed by atoms with Crippen LogP contribution in [0.15, 0.2) is 24.3 Å². The molecule has 2 aliphatic heterocycles. The average molecular weight is 326 g/mol. The lowest BCUT2D eigenvalue weighted by Gasteiger charge is -2.34. The number of fused-ring (bicyclic) bond motifs is 2. The number of ether oxygens (including phenoxy) is 1. The van der Waals surface area contributed by atoms with E-state index in [1.54, 1.807) is 24.3 Å². The zero-order chi connectivity index (χ0) is 17.3. The van der Waals surface area contributed by atoms with E-state index < -0.39 is 5.41 Å². The zero-order valence-corrected chi connectivity index (χ0v) is 14.1. The van der Waals surface area contributed by atoms with Crippen LogP contribution >= 0.6 is 0 Å². The van der Waals surface area contributed by atoms with Gasteiger partial charge in [-0.2, -0.15) is 5.26 Å². The number of amides is 1. The topological polar surface area (TPSA) is 70.4 Å². The molecule has 0 unspecified atom stereocenters. The van der Waals surface area contributed by atoms with E-state index in [0.29, 0.717) is 30.6 Å². The summed E-state index contributed by atoms with van der Waals surface area (Å²) in [6.45, 7) is 4.16. The predicted octanol–water partition coefficient (Wildman–Crippen LogP) is 2.89. The molecule has 2 heterocycles. The molecule has 0 N–H and O–H groups in total. The fourth-order valence-electron chi connectivity index (χ4n) is 4.38. The van der Waals surface area contributed by atoms with Crippen molar-refractivity contribution in [3.63, 3.8) is 0 Å². The molecule has 2 bridgehead atoms. The third-order valence-electron chi connectivity index (χ3n) is 5.53. The van der Waals surface area contributed by atoms with Crippen molar-refractivity contribution in [1.82, 2.24) is 4.90 Å². The van der Waals surface area contributed by atoms with Crippen LogP contribution in [0.1, 0.15) is 55.5 Å². The average Bonchev–Trinajstić information content (AvgIpc) is 3.17. The van der Waals surface area contributed by atoms with Crippen LogP contribution in [0.5, 0.6) is 0 Å². The van der Waals surface area contributed by atoms with Gasteiger partial charge in [-0.1, -0.05) is 13.0 Å². The van der Waals surface area contributed by atoms with Crippen LogP contribution in [0.2, 0.25) is 0 Å². The maximum Gasteiger partial charge on any atom is 0.314 e. The molecule has 0 spiro atoms. The largest absolute Gasteiger partial charge is 0.466 e. The number of carbonyl (C=O) groups is 2. The van der Waals surface area contributed by atoms with Gasteiger partial charge in [-0.05, 0) is 50.8 Å². The van der Waals surface area contributed by atoms with E-state index in [4.69, 9.17) is 10.00 Å². The summed E-state index contributed by atoms with van der Waals surface area (Å²) in [5, 5.41) is 9.04. The second-order valence-electron chi connectivity index (χ2n) is 6.59. The van der Waals surface area contributed by atoms with Gasteiger partial charge in [-0.25, -0.2) is 0 Å². The molecule has 3 rings (SSSR count).